The standard InChI is InChI=1S/C23H17ClN4O2/c1-23(24)18-8-4-5-9-20(18)28(22(23)30)15-10-14(12-25-13-15)11-19-16-6-2-3-7-17(16)21(29)27-26-19/h2-10,12-13H,11H2,1H3,(H,27,29). The molecule has 1 unspecified atom stereocenters. The van der Waals surface area contributed by atoms with Crippen molar-refractivity contribution in [1.82, 2.24) is 15.2 Å². The van der Waals surface area contributed by atoms with Gasteiger partial charge in [-0.25, -0.2) is 5.10 Å². The van der Waals surface area contributed by atoms with E-state index in [2.05, 4.69) is 15.2 Å². The molecule has 0 bridgehead atoms. The van der Waals surface area contributed by atoms with Gasteiger partial charge in [-0.3, -0.25) is 19.5 Å². The van der Waals surface area contributed by atoms with Gasteiger partial charge in [0.1, 0.15) is 4.87 Å². The van der Waals surface area contributed by atoms with Crippen molar-refractivity contribution in [2.75, 3.05) is 4.90 Å². The number of carbonyl (C=O) groups excluding carboxylic acids is 1. The first-order chi connectivity index (χ1) is 14.5. The van der Waals surface area contributed by atoms with E-state index in [-0.39, 0.29) is 11.5 Å². The second-order valence-corrected chi connectivity index (χ2v) is 8.19. The van der Waals surface area contributed by atoms with E-state index < -0.39 is 4.87 Å². The number of rotatable bonds is 3. The third-order valence-corrected chi connectivity index (χ3v) is 5.81. The molecule has 2 aromatic carbocycles. The molecule has 1 atom stereocenters. The number of amides is 1. The quantitative estimate of drug-likeness (QED) is 0.511. The molecule has 1 N–H and O–H groups in total. The number of fused-ring (bicyclic) bond motifs is 2. The van der Waals surface area contributed by atoms with Crippen molar-refractivity contribution in [1.29, 1.82) is 0 Å². The molecule has 7 heteroatoms. The monoisotopic (exact) mass is 416 g/mol. The summed E-state index contributed by atoms with van der Waals surface area (Å²) < 4.78 is 0. The third-order valence-electron chi connectivity index (χ3n) is 5.44. The Kier molecular flexibility index (Phi) is 4.18. The predicted octanol–water partition coefficient (Wildman–Crippen LogP) is 4.04. The highest BCUT2D eigenvalue weighted by Crippen LogP contribution is 2.47. The van der Waals surface area contributed by atoms with Crippen LogP contribution < -0.4 is 10.5 Å². The van der Waals surface area contributed by atoms with Gasteiger partial charge < -0.3 is 0 Å². The summed E-state index contributed by atoms with van der Waals surface area (Å²) in [6.45, 7) is 1.71. The Morgan fingerprint density at radius 1 is 1.03 bits per heavy atom. The lowest BCUT2D eigenvalue weighted by Gasteiger charge is -2.19. The van der Waals surface area contributed by atoms with E-state index in [0.717, 1.165) is 27.9 Å². The van der Waals surface area contributed by atoms with E-state index in [1.807, 2.05) is 48.5 Å². The molecule has 4 aromatic rings. The summed E-state index contributed by atoms with van der Waals surface area (Å²) in [5.74, 6) is -0.211. The van der Waals surface area contributed by atoms with Gasteiger partial charge in [-0.15, -0.1) is 11.6 Å². The summed E-state index contributed by atoms with van der Waals surface area (Å²) in [5, 5.41) is 8.18. The fourth-order valence-corrected chi connectivity index (χ4v) is 4.19. The number of carbonyl (C=O) groups is 1. The maximum absolute atomic E-state index is 13.1. The summed E-state index contributed by atoms with van der Waals surface area (Å²) >= 11 is 6.59. The van der Waals surface area contributed by atoms with Crippen molar-refractivity contribution in [3.05, 3.63) is 94.2 Å². The Balaban J connectivity index is 1.56. The largest absolute Gasteiger partial charge is 0.277 e. The molecule has 0 fully saturated rings. The minimum atomic E-state index is -1.12. The van der Waals surface area contributed by atoms with E-state index in [0.29, 0.717) is 17.5 Å². The number of anilines is 2. The molecule has 1 amide bonds. The maximum atomic E-state index is 13.1. The van der Waals surface area contributed by atoms with Crippen molar-refractivity contribution >= 4 is 39.7 Å². The topological polar surface area (TPSA) is 79.0 Å². The van der Waals surface area contributed by atoms with Crippen LogP contribution in [0.2, 0.25) is 0 Å². The van der Waals surface area contributed by atoms with Crippen LogP contribution in [0.4, 0.5) is 11.4 Å². The number of pyridine rings is 1. The molecule has 1 aliphatic rings. The Hall–Kier alpha value is -3.51. The molecule has 2 aromatic heterocycles. The van der Waals surface area contributed by atoms with Gasteiger partial charge in [-0.05, 0) is 30.7 Å². The zero-order valence-corrected chi connectivity index (χ0v) is 16.8. The highest BCUT2D eigenvalue weighted by Gasteiger charge is 2.46. The second kappa shape index (κ2) is 6.78. The van der Waals surface area contributed by atoms with Crippen molar-refractivity contribution in [2.24, 2.45) is 0 Å². The van der Waals surface area contributed by atoms with Crippen molar-refractivity contribution in [3.8, 4) is 0 Å². The highest BCUT2D eigenvalue weighted by molar-refractivity contribution is 6.40. The fourth-order valence-electron chi connectivity index (χ4n) is 3.95. The third kappa shape index (κ3) is 2.80. The van der Waals surface area contributed by atoms with Gasteiger partial charge in [0.25, 0.3) is 11.5 Å². The van der Waals surface area contributed by atoms with Crippen LogP contribution in [0.5, 0.6) is 0 Å². The molecular weight excluding hydrogens is 400 g/mol. The van der Waals surface area contributed by atoms with Crippen LogP contribution in [-0.2, 0) is 16.1 Å². The summed E-state index contributed by atoms with van der Waals surface area (Å²) in [5.41, 5.74) is 3.55. The SMILES string of the molecule is CC1(Cl)C(=O)N(c2cncc(Cc3n[nH]c(=O)c4ccccc34)c2)c2ccccc21. The molecule has 0 spiro atoms. The zero-order chi connectivity index (χ0) is 20.9. The number of benzene rings is 2. The minimum Gasteiger partial charge on any atom is -0.277 e. The average Bonchev–Trinajstić information content (AvgIpc) is 2.96. The number of H-pyrrole nitrogens is 1. The van der Waals surface area contributed by atoms with Crippen molar-refractivity contribution < 1.29 is 4.79 Å². The van der Waals surface area contributed by atoms with Crippen LogP contribution >= 0.6 is 11.6 Å². The molecule has 0 radical (unpaired) electrons. The van der Waals surface area contributed by atoms with E-state index in [1.54, 1.807) is 30.3 Å². The Bertz CT molecular complexity index is 1360. The number of aromatic nitrogens is 3. The molecule has 6 nitrogen and oxygen atoms in total. The van der Waals surface area contributed by atoms with Crippen LogP contribution in [0.1, 0.15) is 23.7 Å². The molecular formula is C23H17ClN4O2. The Morgan fingerprint density at radius 2 is 1.77 bits per heavy atom. The van der Waals surface area contributed by atoms with Crippen LogP contribution in [0.3, 0.4) is 0 Å². The Morgan fingerprint density at radius 3 is 2.60 bits per heavy atom. The van der Waals surface area contributed by atoms with E-state index in [9.17, 15) is 9.59 Å². The van der Waals surface area contributed by atoms with Gasteiger partial charge in [-0.2, -0.15) is 5.10 Å². The van der Waals surface area contributed by atoms with Gasteiger partial charge >= 0.3 is 0 Å². The van der Waals surface area contributed by atoms with Crippen molar-refractivity contribution in [2.45, 2.75) is 18.2 Å². The number of hydrogen-bond donors (Lipinski definition) is 1. The number of hydrogen-bond acceptors (Lipinski definition) is 4. The zero-order valence-electron chi connectivity index (χ0n) is 16.1. The lowest BCUT2D eigenvalue weighted by molar-refractivity contribution is -0.119. The predicted molar refractivity (Wildman–Crippen MR) is 116 cm³/mol. The molecule has 148 valence electrons. The van der Waals surface area contributed by atoms with Gasteiger partial charge in [0.15, 0.2) is 0 Å². The molecule has 3 heterocycles. The van der Waals surface area contributed by atoms with E-state index >= 15 is 0 Å². The first kappa shape index (κ1) is 18.5. The number of halogens is 1. The highest BCUT2D eigenvalue weighted by atomic mass is 35.5. The van der Waals surface area contributed by atoms with Crippen LogP contribution in [0, 0.1) is 0 Å². The molecule has 30 heavy (non-hydrogen) atoms. The number of alkyl halides is 1. The number of aromatic amines is 1. The van der Waals surface area contributed by atoms with Gasteiger partial charge in [0.2, 0.25) is 0 Å². The summed E-state index contributed by atoms with van der Waals surface area (Å²) in [7, 11) is 0. The second-order valence-electron chi connectivity index (χ2n) is 7.43. The van der Waals surface area contributed by atoms with Gasteiger partial charge in [0.05, 0.1) is 28.7 Å². The molecule has 5 rings (SSSR count). The lowest BCUT2D eigenvalue weighted by Crippen LogP contribution is -2.31. The van der Waals surface area contributed by atoms with Gasteiger partial charge in [0, 0.05) is 23.6 Å². The normalized spacial score (nSPS) is 18.1. The van der Waals surface area contributed by atoms with Crippen LogP contribution in [0.25, 0.3) is 10.8 Å². The summed E-state index contributed by atoms with van der Waals surface area (Å²) in [6, 6.07) is 16.8. The molecule has 0 saturated heterocycles. The lowest BCUT2D eigenvalue weighted by atomic mass is 10.0. The average molecular weight is 417 g/mol. The first-order valence-electron chi connectivity index (χ1n) is 9.50. The maximum Gasteiger partial charge on any atom is 0.272 e. The summed E-state index contributed by atoms with van der Waals surface area (Å²) in [6.07, 6.45) is 3.84. The molecule has 1 aliphatic heterocycles. The smallest absolute Gasteiger partial charge is 0.272 e. The Labute approximate surface area is 177 Å². The summed E-state index contributed by atoms with van der Waals surface area (Å²) in [4.78, 5) is 29.9. The molecule has 0 saturated carbocycles. The van der Waals surface area contributed by atoms with Crippen LogP contribution in [-0.4, -0.2) is 21.1 Å². The number of nitrogens with one attached hydrogen (secondary N) is 1. The van der Waals surface area contributed by atoms with E-state index in [4.69, 9.17) is 11.6 Å². The van der Waals surface area contributed by atoms with Gasteiger partial charge in [-0.1, -0.05) is 36.4 Å². The van der Waals surface area contributed by atoms with Crippen LogP contribution in [0.15, 0.2) is 71.8 Å². The first-order valence-corrected chi connectivity index (χ1v) is 9.88. The fraction of sp³-hybridized carbons (Fsp3) is 0.130. The van der Waals surface area contributed by atoms with E-state index in [1.165, 1.54) is 0 Å². The van der Waals surface area contributed by atoms with Crippen molar-refractivity contribution in [3.63, 3.8) is 0 Å². The minimum absolute atomic E-state index is 0.211. The number of nitrogens with zero attached hydrogens (tertiary/aromatic N) is 3. The molecule has 0 aliphatic carbocycles. The number of para-hydroxylation sites is 1.